The predicted molar refractivity (Wildman–Crippen MR) is 168 cm³/mol. The van der Waals surface area contributed by atoms with Gasteiger partial charge in [0.1, 0.15) is 0 Å². The number of hydroxylamine groups is 2. The van der Waals surface area contributed by atoms with Gasteiger partial charge < -0.3 is 10.6 Å². The molecule has 4 aromatic rings. The zero-order valence-corrected chi connectivity index (χ0v) is 24.5. The average molecular weight is 597 g/mol. The van der Waals surface area contributed by atoms with Gasteiger partial charge in [0, 0.05) is 22.5 Å². The molecule has 0 aromatic heterocycles. The molecule has 44 heavy (non-hydrogen) atoms. The van der Waals surface area contributed by atoms with Crippen LogP contribution in [0.4, 0.5) is 11.4 Å². The molecule has 4 aromatic carbocycles. The summed E-state index contributed by atoms with van der Waals surface area (Å²) in [4.78, 5) is 47.3. The molecule has 6 N–H and O–H groups in total. The minimum Gasteiger partial charge on any atom is -0.326 e. The summed E-state index contributed by atoms with van der Waals surface area (Å²) in [5.74, 6) is -1.80. The molecule has 0 bridgehead atoms. The summed E-state index contributed by atoms with van der Waals surface area (Å²) >= 11 is 0. The third kappa shape index (κ3) is 9.35. The lowest BCUT2D eigenvalue weighted by atomic mass is 9.95. The maximum absolute atomic E-state index is 12.4. The van der Waals surface area contributed by atoms with E-state index in [9.17, 15) is 19.2 Å². The molecule has 0 aliphatic carbocycles. The van der Waals surface area contributed by atoms with Gasteiger partial charge in [-0.2, -0.15) is 0 Å². The van der Waals surface area contributed by atoms with Crippen LogP contribution >= 0.6 is 0 Å². The van der Waals surface area contributed by atoms with Crippen LogP contribution in [0.3, 0.4) is 0 Å². The number of nitrogens with one attached hydrogen (secondary N) is 4. The third-order valence-corrected chi connectivity index (χ3v) is 6.89. The molecule has 0 aliphatic rings. The van der Waals surface area contributed by atoms with Crippen molar-refractivity contribution in [3.05, 3.63) is 131 Å². The molecule has 2 atom stereocenters. The van der Waals surface area contributed by atoms with Gasteiger partial charge in [-0.05, 0) is 72.5 Å². The van der Waals surface area contributed by atoms with Gasteiger partial charge in [-0.1, -0.05) is 74.5 Å². The smallest absolute Gasteiger partial charge is 0.274 e. The molecule has 0 aliphatic heterocycles. The highest BCUT2D eigenvalue weighted by Gasteiger charge is 2.19. The Morgan fingerprint density at radius 3 is 1.11 bits per heavy atom. The van der Waals surface area contributed by atoms with E-state index in [1.165, 1.54) is 24.3 Å². The molecular weight excluding hydrogens is 560 g/mol. The molecule has 0 saturated carbocycles. The molecule has 4 rings (SSSR count). The fraction of sp³-hybridized carbons (Fsp3) is 0.176. The third-order valence-electron chi connectivity index (χ3n) is 6.89. The zero-order chi connectivity index (χ0) is 31.9. The summed E-state index contributed by atoms with van der Waals surface area (Å²) in [5, 5.41) is 22.8. The highest BCUT2D eigenvalue weighted by Crippen LogP contribution is 2.23. The Labute approximate surface area is 256 Å². The van der Waals surface area contributed by atoms with E-state index >= 15 is 0 Å². The normalized spacial score (nSPS) is 11.5. The van der Waals surface area contributed by atoms with Crippen molar-refractivity contribution in [1.82, 2.24) is 11.0 Å². The number of carbonyl (C=O) groups is 4. The van der Waals surface area contributed by atoms with Crippen molar-refractivity contribution < 1.29 is 29.6 Å². The van der Waals surface area contributed by atoms with Gasteiger partial charge in [0.25, 0.3) is 11.8 Å². The lowest BCUT2D eigenvalue weighted by Gasteiger charge is -2.15. The Kier molecular flexibility index (Phi) is 12.8. The molecule has 4 amide bonds. The van der Waals surface area contributed by atoms with Crippen molar-refractivity contribution in [2.45, 2.75) is 38.5 Å². The second-order valence-corrected chi connectivity index (χ2v) is 9.76. The quantitative estimate of drug-likeness (QED) is 0.0992. The van der Waals surface area contributed by atoms with Gasteiger partial charge >= 0.3 is 0 Å². The highest BCUT2D eigenvalue weighted by molar-refractivity contribution is 5.98. The van der Waals surface area contributed by atoms with Crippen LogP contribution in [0.5, 0.6) is 0 Å². The van der Waals surface area contributed by atoms with E-state index in [0.29, 0.717) is 35.3 Å². The summed E-state index contributed by atoms with van der Waals surface area (Å²) in [6, 6.07) is 31.8. The molecular formula is C34H36N4O6. The number of carbonyl (C=O) groups excluding carboxylic acids is 4. The van der Waals surface area contributed by atoms with Gasteiger partial charge in [0.05, 0.1) is 11.8 Å². The lowest BCUT2D eigenvalue weighted by Crippen LogP contribution is -2.21. The topological polar surface area (TPSA) is 157 Å². The van der Waals surface area contributed by atoms with Crippen molar-refractivity contribution in [2.75, 3.05) is 10.6 Å². The predicted octanol–water partition coefficient (Wildman–Crippen LogP) is 5.88. The van der Waals surface area contributed by atoms with E-state index in [1.54, 1.807) is 35.2 Å². The van der Waals surface area contributed by atoms with Crippen molar-refractivity contribution in [3.63, 3.8) is 0 Å². The number of hydrogen-bond donors (Lipinski definition) is 6. The Morgan fingerprint density at radius 1 is 0.523 bits per heavy atom. The Balaban J connectivity index is 0.000000240. The first-order valence-corrected chi connectivity index (χ1v) is 14.1. The number of hydrogen-bond acceptors (Lipinski definition) is 6. The summed E-state index contributed by atoms with van der Waals surface area (Å²) in [6.07, 6.45) is 1.39. The van der Waals surface area contributed by atoms with Gasteiger partial charge in [-0.15, -0.1) is 0 Å². The van der Waals surface area contributed by atoms with Crippen molar-refractivity contribution in [1.29, 1.82) is 0 Å². The minimum absolute atomic E-state index is 0.0898. The number of amides is 4. The summed E-state index contributed by atoms with van der Waals surface area (Å²) < 4.78 is 0. The number of anilines is 2. The van der Waals surface area contributed by atoms with E-state index < -0.39 is 11.8 Å². The molecule has 0 saturated heterocycles. The first-order chi connectivity index (χ1) is 21.3. The fourth-order valence-corrected chi connectivity index (χ4v) is 4.51. The summed E-state index contributed by atoms with van der Waals surface area (Å²) in [5.41, 5.74) is 6.91. The lowest BCUT2D eigenvalue weighted by molar-refractivity contribution is -0.118. The Bertz CT molecular complexity index is 1390. The molecule has 0 fully saturated rings. The van der Waals surface area contributed by atoms with Gasteiger partial charge in [-0.25, -0.2) is 11.0 Å². The highest BCUT2D eigenvalue weighted by atomic mass is 16.5. The maximum atomic E-state index is 12.4. The van der Waals surface area contributed by atoms with E-state index in [1.807, 2.05) is 74.5 Å². The average Bonchev–Trinajstić information content (AvgIpc) is 3.06. The van der Waals surface area contributed by atoms with Crippen LogP contribution in [0.25, 0.3) is 0 Å². The van der Waals surface area contributed by atoms with Gasteiger partial charge in [0.2, 0.25) is 11.8 Å². The Morgan fingerprint density at radius 2 is 0.841 bits per heavy atom. The molecule has 0 spiro atoms. The summed E-state index contributed by atoms with van der Waals surface area (Å²) in [6.45, 7) is 3.93. The SMILES string of the molecule is CC[C@@H](C(=O)Nc1ccc(C(=O)NO)cc1)c1ccccc1.CC[C@H](C(=O)Nc1ccc(C(=O)NO)cc1)c1ccccc1. The van der Waals surface area contributed by atoms with Crippen LogP contribution in [-0.2, 0) is 9.59 Å². The molecule has 0 unspecified atom stereocenters. The van der Waals surface area contributed by atoms with Gasteiger partial charge in [-0.3, -0.25) is 29.6 Å². The number of benzene rings is 4. The van der Waals surface area contributed by atoms with Gasteiger partial charge in [0.15, 0.2) is 0 Å². The van der Waals surface area contributed by atoms with E-state index in [-0.39, 0.29) is 23.7 Å². The molecule has 0 heterocycles. The first-order valence-electron chi connectivity index (χ1n) is 14.1. The maximum Gasteiger partial charge on any atom is 0.274 e. The van der Waals surface area contributed by atoms with Crippen LogP contribution in [0.2, 0.25) is 0 Å². The van der Waals surface area contributed by atoms with Crippen molar-refractivity contribution in [3.8, 4) is 0 Å². The summed E-state index contributed by atoms with van der Waals surface area (Å²) in [7, 11) is 0. The molecule has 0 radical (unpaired) electrons. The van der Waals surface area contributed by atoms with E-state index in [4.69, 9.17) is 10.4 Å². The van der Waals surface area contributed by atoms with Crippen molar-refractivity contribution in [2.24, 2.45) is 0 Å². The second-order valence-electron chi connectivity index (χ2n) is 9.76. The minimum atomic E-state index is -0.589. The molecule has 10 nitrogen and oxygen atoms in total. The van der Waals surface area contributed by atoms with E-state index in [2.05, 4.69) is 10.6 Å². The van der Waals surface area contributed by atoms with E-state index in [0.717, 1.165) is 11.1 Å². The second kappa shape index (κ2) is 17.0. The van der Waals surface area contributed by atoms with Crippen LogP contribution in [0.1, 0.15) is 70.4 Å². The van der Waals surface area contributed by atoms with Crippen LogP contribution < -0.4 is 21.6 Å². The zero-order valence-electron chi connectivity index (χ0n) is 24.5. The van der Waals surface area contributed by atoms with Crippen LogP contribution in [-0.4, -0.2) is 34.0 Å². The monoisotopic (exact) mass is 596 g/mol. The first kappa shape index (κ1) is 33.2. The number of rotatable bonds is 10. The van der Waals surface area contributed by atoms with Crippen molar-refractivity contribution >= 4 is 35.0 Å². The standard InChI is InChI=1S/2C17H18N2O3/c2*1-2-15(12-6-4-3-5-7-12)17(21)18-14-10-8-13(9-11-14)16(20)19-22/h2*3-11,15,22H,2H2,1H3,(H,18,21)(H,19,20)/t2*15-/m10/s1. The molecule has 10 heteroatoms. The van der Waals surface area contributed by atoms with Crippen LogP contribution in [0.15, 0.2) is 109 Å². The largest absolute Gasteiger partial charge is 0.326 e. The van der Waals surface area contributed by atoms with Crippen LogP contribution in [0, 0.1) is 0 Å². The molecule has 228 valence electrons. The fourth-order valence-electron chi connectivity index (χ4n) is 4.51. The Hall–Kier alpha value is -5.32.